The summed E-state index contributed by atoms with van der Waals surface area (Å²) in [6, 6.07) is 4.24. The van der Waals surface area contributed by atoms with Gasteiger partial charge in [0.1, 0.15) is 9.88 Å². The van der Waals surface area contributed by atoms with Crippen molar-refractivity contribution in [2.75, 3.05) is 0 Å². The molecule has 0 aliphatic rings. The number of thiophene rings is 1. The zero-order valence-electron chi connectivity index (χ0n) is 13.0. The van der Waals surface area contributed by atoms with E-state index >= 15 is 0 Å². The van der Waals surface area contributed by atoms with Crippen molar-refractivity contribution in [2.45, 2.75) is 46.6 Å². The molecule has 0 unspecified atom stereocenters. The first-order valence-electron chi connectivity index (χ1n) is 7.29. The van der Waals surface area contributed by atoms with Gasteiger partial charge >= 0.3 is 0 Å². The van der Waals surface area contributed by atoms with Crippen LogP contribution in [0.4, 0.5) is 0 Å². The molecule has 0 aliphatic carbocycles. The van der Waals surface area contributed by atoms with Crippen molar-refractivity contribution < 1.29 is 4.79 Å². The molecule has 2 rings (SSSR count). The molecule has 1 atom stereocenters. The minimum Gasteiger partial charge on any atom is -0.349 e. The predicted molar refractivity (Wildman–Crippen MR) is 91.2 cm³/mol. The number of carbonyl (C=O) groups is 1. The highest BCUT2D eigenvalue weighted by molar-refractivity contribution is 7.22. The molecule has 0 bridgehead atoms. The Morgan fingerprint density at radius 1 is 1.33 bits per heavy atom. The lowest BCUT2D eigenvalue weighted by Crippen LogP contribution is -2.32. The van der Waals surface area contributed by atoms with Crippen LogP contribution in [-0.2, 0) is 0 Å². The Kier molecular flexibility index (Phi) is 5.53. The zero-order valence-corrected chi connectivity index (χ0v) is 14.6. The van der Waals surface area contributed by atoms with Crippen LogP contribution >= 0.6 is 22.7 Å². The molecule has 2 heterocycles. The summed E-state index contributed by atoms with van der Waals surface area (Å²) in [5.41, 5.74) is 0.817. The minimum atomic E-state index is 0.00376. The molecular weight excluding hydrogens is 300 g/mol. The van der Waals surface area contributed by atoms with E-state index in [0.29, 0.717) is 5.92 Å². The molecule has 0 radical (unpaired) electrons. The number of aryl methyl sites for hydroxylation is 1. The van der Waals surface area contributed by atoms with Crippen molar-refractivity contribution in [3.8, 4) is 9.88 Å². The molecular formula is C16H22N2OS2. The Balaban J connectivity index is 2.03. The van der Waals surface area contributed by atoms with Crippen LogP contribution in [0.5, 0.6) is 0 Å². The predicted octanol–water partition coefficient (Wildman–Crippen LogP) is 4.73. The highest BCUT2D eigenvalue weighted by atomic mass is 32.1. The van der Waals surface area contributed by atoms with Gasteiger partial charge in [0.2, 0.25) is 0 Å². The molecule has 2 aromatic rings. The second-order valence-electron chi connectivity index (χ2n) is 5.76. The molecule has 0 saturated carbocycles. The number of rotatable bonds is 6. The summed E-state index contributed by atoms with van der Waals surface area (Å²) in [6.07, 6.45) is 2.14. The molecule has 0 spiro atoms. The Hall–Kier alpha value is -1.20. The van der Waals surface area contributed by atoms with E-state index in [4.69, 9.17) is 0 Å². The van der Waals surface area contributed by atoms with Gasteiger partial charge in [-0.3, -0.25) is 4.79 Å². The lowest BCUT2D eigenvalue weighted by molar-refractivity contribution is 0.0940. The van der Waals surface area contributed by atoms with Crippen LogP contribution in [-0.4, -0.2) is 16.9 Å². The van der Waals surface area contributed by atoms with Gasteiger partial charge in [0, 0.05) is 6.04 Å². The molecule has 0 fully saturated rings. The number of thiazole rings is 1. The van der Waals surface area contributed by atoms with Crippen molar-refractivity contribution in [3.05, 3.63) is 28.1 Å². The van der Waals surface area contributed by atoms with Crippen LogP contribution in [0.1, 0.15) is 49.0 Å². The highest BCUT2D eigenvalue weighted by Gasteiger charge is 2.18. The standard InChI is InChI=1S/C16H22N2OS2/c1-10(2)7-8-11(3)17-15(19)14-12(4)18-16(21-14)13-6-5-9-20-13/h5-6,9-11H,7-8H2,1-4H3,(H,17,19)/t11-/m0/s1. The van der Waals surface area contributed by atoms with Gasteiger partial charge in [0.05, 0.1) is 10.6 Å². The van der Waals surface area contributed by atoms with Crippen LogP contribution in [0.3, 0.4) is 0 Å². The summed E-state index contributed by atoms with van der Waals surface area (Å²) in [5, 5.41) is 6.05. The fraction of sp³-hybridized carbons (Fsp3) is 0.500. The molecule has 21 heavy (non-hydrogen) atoms. The number of hydrogen-bond acceptors (Lipinski definition) is 4. The number of amides is 1. The third kappa shape index (κ3) is 4.38. The third-order valence-corrected chi connectivity index (χ3v) is 5.48. The summed E-state index contributed by atoms with van der Waals surface area (Å²) in [6.45, 7) is 8.38. The van der Waals surface area contributed by atoms with Crippen molar-refractivity contribution in [1.29, 1.82) is 0 Å². The van der Waals surface area contributed by atoms with Crippen LogP contribution in [0.25, 0.3) is 9.88 Å². The van der Waals surface area contributed by atoms with Gasteiger partial charge in [-0.15, -0.1) is 22.7 Å². The topological polar surface area (TPSA) is 42.0 Å². The van der Waals surface area contributed by atoms with E-state index in [1.807, 2.05) is 24.4 Å². The lowest BCUT2D eigenvalue weighted by Gasteiger charge is -2.14. The molecule has 3 nitrogen and oxygen atoms in total. The molecule has 0 aromatic carbocycles. The Morgan fingerprint density at radius 2 is 2.10 bits per heavy atom. The third-order valence-electron chi connectivity index (χ3n) is 3.29. The minimum absolute atomic E-state index is 0.00376. The first-order chi connectivity index (χ1) is 9.97. The molecule has 1 amide bonds. The monoisotopic (exact) mass is 322 g/mol. The molecule has 114 valence electrons. The Bertz CT molecular complexity index is 587. The fourth-order valence-electron chi connectivity index (χ4n) is 2.06. The number of hydrogen-bond donors (Lipinski definition) is 1. The van der Waals surface area contributed by atoms with Gasteiger partial charge in [0.25, 0.3) is 5.91 Å². The number of aromatic nitrogens is 1. The maximum absolute atomic E-state index is 12.4. The van der Waals surface area contributed by atoms with E-state index in [0.717, 1.165) is 33.3 Å². The number of carbonyl (C=O) groups excluding carboxylic acids is 1. The van der Waals surface area contributed by atoms with E-state index in [1.165, 1.54) is 11.3 Å². The second-order valence-corrected chi connectivity index (χ2v) is 7.70. The molecule has 2 aromatic heterocycles. The van der Waals surface area contributed by atoms with E-state index in [9.17, 15) is 4.79 Å². The SMILES string of the molecule is Cc1nc(-c2cccs2)sc1C(=O)N[C@@H](C)CCC(C)C. The fourth-order valence-corrected chi connectivity index (χ4v) is 3.82. The van der Waals surface area contributed by atoms with E-state index < -0.39 is 0 Å². The number of nitrogens with one attached hydrogen (secondary N) is 1. The molecule has 0 aliphatic heterocycles. The van der Waals surface area contributed by atoms with Crippen molar-refractivity contribution in [3.63, 3.8) is 0 Å². The Morgan fingerprint density at radius 3 is 2.71 bits per heavy atom. The summed E-state index contributed by atoms with van der Waals surface area (Å²) in [5.74, 6) is 0.670. The first-order valence-corrected chi connectivity index (χ1v) is 8.99. The number of nitrogens with zero attached hydrogens (tertiary/aromatic N) is 1. The first kappa shape index (κ1) is 16.2. The van der Waals surface area contributed by atoms with Crippen molar-refractivity contribution in [2.24, 2.45) is 5.92 Å². The van der Waals surface area contributed by atoms with Gasteiger partial charge in [0.15, 0.2) is 0 Å². The Labute approximate surface area is 134 Å². The average molecular weight is 322 g/mol. The van der Waals surface area contributed by atoms with Gasteiger partial charge in [-0.1, -0.05) is 19.9 Å². The maximum Gasteiger partial charge on any atom is 0.263 e. The normalized spacial score (nSPS) is 12.6. The van der Waals surface area contributed by atoms with Gasteiger partial charge in [-0.2, -0.15) is 0 Å². The summed E-state index contributed by atoms with van der Waals surface area (Å²) in [7, 11) is 0. The summed E-state index contributed by atoms with van der Waals surface area (Å²) >= 11 is 3.13. The van der Waals surface area contributed by atoms with Crippen molar-refractivity contribution >= 4 is 28.6 Å². The molecule has 0 saturated heterocycles. The van der Waals surface area contributed by atoms with Gasteiger partial charge in [-0.25, -0.2) is 4.98 Å². The largest absolute Gasteiger partial charge is 0.349 e. The van der Waals surface area contributed by atoms with Crippen LogP contribution in [0, 0.1) is 12.8 Å². The van der Waals surface area contributed by atoms with Crippen LogP contribution in [0.15, 0.2) is 17.5 Å². The smallest absolute Gasteiger partial charge is 0.263 e. The zero-order chi connectivity index (χ0) is 15.4. The summed E-state index contributed by atoms with van der Waals surface area (Å²) in [4.78, 5) is 18.7. The molecule has 1 N–H and O–H groups in total. The lowest BCUT2D eigenvalue weighted by atomic mass is 10.0. The second kappa shape index (κ2) is 7.18. The van der Waals surface area contributed by atoms with Crippen LogP contribution in [0.2, 0.25) is 0 Å². The highest BCUT2D eigenvalue weighted by Crippen LogP contribution is 2.31. The van der Waals surface area contributed by atoms with E-state index in [2.05, 4.69) is 31.1 Å². The summed E-state index contributed by atoms with van der Waals surface area (Å²) < 4.78 is 0. The molecule has 5 heteroatoms. The van der Waals surface area contributed by atoms with E-state index in [1.54, 1.807) is 11.3 Å². The van der Waals surface area contributed by atoms with Crippen LogP contribution < -0.4 is 5.32 Å². The van der Waals surface area contributed by atoms with Gasteiger partial charge < -0.3 is 5.32 Å². The van der Waals surface area contributed by atoms with Crippen molar-refractivity contribution in [1.82, 2.24) is 10.3 Å². The van der Waals surface area contributed by atoms with E-state index in [-0.39, 0.29) is 11.9 Å². The maximum atomic E-state index is 12.4. The average Bonchev–Trinajstić information content (AvgIpc) is 3.05. The quantitative estimate of drug-likeness (QED) is 0.835. The van der Waals surface area contributed by atoms with Gasteiger partial charge in [-0.05, 0) is 44.1 Å².